The van der Waals surface area contributed by atoms with E-state index in [0.29, 0.717) is 12.1 Å². The van der Waals surface area contributed by atoms with Crippen molar-refractivity contribution in [3.63, 3.8) is 0 Å². The molecule has 1 heterocycles. The number of hydrogen-bond donors (Lipinski definition) is 1. The summed E-state index contributed by atoms with van der Waals surface area (Å²) in [5.41, 5.74) is 0. The minimum Gasteiger partial charge on any atom is -0.383 e. The van der Waals surface area contributed by atoms with Crippen LogP contribution in [-0.4, -0.2) is 39.0 Å². The van der Waals surface area contributed by atoms with Gasteiger partial charge >= 0.3 is 0 Å². The van der Waals surface area contributed by atoms with Gasteiger partial charge in [-0.3, -0.25) is 0 Å². The number of ether oxygens (including phenoxy) is 2. The van der Waals surface area contributed by atoms with Gasteiger partial charge in [0.05, 0.1) is 12.7 Å². The maximum absolute atomic E-state index is 5.58. The highest BCUT2D eigenvalue weighted by Gasteiger charge is 2.31. The predicted molar refractivity (Wildman–Crippen MR) is 55.4 cm³/mol. The summed E-state index contributed by atoms with van der Waals surface area (Å²) >= 11 is 0. The molecular weight excluding hydrogens is 178 g/mol. The molecule has 2 rings (SSSR count). The first-order valence-electron chi connectivity index (χ1n) is 5.74. The normalized spacial score (nSPS) is 29.4. The van der Waals surface area contributed by atoms with E-state index in [9.17, 15) is 0 Å². The SMILES string of the molecule is COCC(NCC1CCCO1)C1CC1. The lowest BCUT2D eigenvalue weighted by molar-refractivity contribution is 0.0970. The molecule has 1 N–H and O–H groups in total. The van der Waals surface area contributed by atoms with E-state index in [1.165, 1.54) is 25.7 Å². The lowest BCUT2D eigenvalue weighted by Crippen LogP contribution is -2.39. The fourth-order valence-electron chi connectivity index (χ4n) is 2.13. The Kier molecular flexibility index (Phi) is 3.79. The fraction of sp³-hybridized carbons (Fsp3) is 1.00. The van der Waals surface area contributed by atoms with Crippen LogP contribution >= 0.6 is 0 Å². The average molecular weight is 199 g/mol. The molecule has 1 aliphatic carbocycles. The summed E-state index contributed by atoms with van der Waals surface area (Å²) < 4.78 is 10.8. The van der Waals surface area contributed by atoms with Crippen molar-refractivity contribution in [3.05, 3.63) is 0 Å². The molecule has 2 atom stereocenters. The van der Waals surface area contributed by atoms with Gasteiger partial charge in [0.2, 0.25) is 0 Å². The maximum Gasteiger partial charge on any atom is 0.0700 e. The Balaban J connectivity index is 1.65. The van der Waals surface area contributed by atoms with Crippen LogP contribution in [0, 0.1) is 5.92 Å². The summed E-state index contributed by atoms with van der Waals surface area (Å²) in [4.78, 5) is 0. The first kappa shape index (κ1) is 10.4. The molecule has 0 amide bonds. The molecule has 3 nitrogen and oxygen atoms in total. The van der Waals surface area contributed by atoms with Gasteiger partial charge in [0, 0.05) is 26.3 Å². The number of nitrogens with one attached hydrogen (secondary N) is 1. The van der Waals surface area contributed by atoms with Crippen molar-refractivity contribution in [1.82, 2.24) is 5.32 Å². The lowest BCUT2D eigenvalue weighted by atomic mass is 10.2. The third-order valence-electron chi connectivity index (χ3n) is 3.17. The first-order valence-corrected chi connectivity index (χ1v) is 5.74. The van der Waals surface area contributed by atoms with Gasteiger partial charge in [-0.25, -0.2) is 0 Å². The van der Waals surface area contributed by atoms with Crippen LogP contribution in [0.2, 0.25) is 0 Å². The summed E-state index contributed by atoms with van der Waals surface area (Å²) in [6.07, 6.45) is 5.63. The van der Waals surface area contributed by atoms with Crippen molar-refractivity contribution in [2.45, 2.75) is 37.8 Å². The van der Waals surface area contributed by atoms with Crippen LogP contribution in [0.15, 0.2) is 0 Å². The molecule has 1 saturated heterocycles. The molecule has 0 radical (unpaired) electrons. The van der Waals surface area contributed by atoms with Gasteiger partial charge in [0.1, 0.15) is 0 Å². The lowest BCUT2D eigenvalue weighted by Gasteiger charge is -2.19. The van der Waals surface area contributed by atoms with E-state index in [1.54, 1.807) is 7.11 Å². The molecular formula is C11H21NO2. The molecule has 1 saturated carbocycles. The molecule has 2 unspecified atom stereocenters. The van der Waals surface area contributed by atoms with E-state index < -0.39 is 0 Å². The maximum atomic E-state index is 5.58. The Hall–Kier alpha value is -0.120. The Morgan fingerprint density at radius 1 is 1.43 bits per heavy atom. The zero-order valence-corrected chi connectivity index (χ0v) is 9.00. The topological polar surface area (TPSA) is 30.5 Å². The second-order valence-electron chi connectivity index (χ2n) is 4.44. The van der Waals surface area contributed by atoms with Gasteiger partial charge in [0.25, 0.3) is 0 Å². The smallest absolute Gasteiger partial charge is 0.0700 e. The molecule has 2 fully saturated rings. The molecule has 1 aliphatic heterocycles. The van der Waals surface area contributed by atoms with E-state index in [-0.39, 0.29) is 0 Å². The largest absolute Gasteiger partial charge is 0.383 e. The number of methoxy groups -OCH3 is 1. The quantitative estimate of drug-likeness (QED) is 0.697. The predicted octanol–water partition coefficient (Wildman–Crippen LogP) is 1.18. The van der Waals surface area contributed by atoms with Gasteiger partial charge < -0.3 is 14.8 Å². The molecule has 0 bridgehead atoms. The molecule has 0 aromatic heterocycles. The highest BCUT2D eigenvalue weighted by Crippen LogP contribution is 2.32. The summed E-state index contributed by atoms with van der Waals surface area (Å²) in [5.74, 6) is 0.858. The third-order valence-corrected chi connectivity index (χ3v) is 3.17. The van der Waals surface area contributed by atoms with E-state index in [1.807, 2.05) is 0 Å². The van der Waals surface area contributed by atoms with Crippen LogP contribution in [0.4, 0.5) is 0 Å². The van der Waals surface area contributed by atoms with Crippen molar-refractivity contribution in [3.8, 4) is 0 Å². The first-order chi connectivity index (χ1) is 6.90. The Morgan fingerprint density at radius 3 is 2.86 bits per heavy atom. The van der Waals surface area contributed by atoms with Crippen molar-refractivity contribution in [2.75, 3.05) is 26.9 Å². The van der Waals surface area contributed by atoms with E-state index in [2.05, 4.69) is 5.32 Å². The second kappa shape index (κ2) is 5.10. The van der Waals surface area contributed by atoms with E-state index in [4.69, 9.17) is 9.47 Å². The number of hydrogen-bond acceptors (Lipinski definition) is 3. The third kappa shape index (κ3) is 2.94. The van der Waals surface area contributed by atoms with Gasteiger partial charge in [-0.05, 0) is 31.6 Å². The highest BCUT2D eigenvalue weighted by atomic mass is 16.5. The monoisotopic (exact) mass is 199 g/mol. The van der Waals surface area contributed by atoms with E-state index >= 15 is 0 Å². The molecule has 0 aromatic rings. The van der Waals surface area contributed by atoms with Crippen LogP contribution in [-0.2, 0) is 9.47 Å². The van der Waals surface area contributed by atoms with Crippen molar-refractivity contribution < 1.29 is 9.47 Å². The highest BCUT2D eigenvalue weighted by molar-refractivity contribution is 4.87. The summed E-state index contributed by atoms with van der Waals surface area (Å²) in [6, 6.07) is 0.559. The van der Waals surface area contributed by atoms with Crippen molar-refractivity contribution in [2.24, 2.45) is 5.92 Å². The minimum absolute atomic E-state index is 0.452. The molecule has 14 heavy (non-hydrogen) atoms. The number of rotatable bonds is 6. The second-order valence-corrected chi connectivity index (χ2v) is 4.44. The molecule has 0 spiro atoms. The zero-order chi connectivity index (χ0) is 9.80. The standard InChI is InChI=1S/C11H21NO2/c1-13-8-11(9-4-5-9)12-7-10-3-2-6-14-10/h9-12H,2-8H2,1H3. The summed E-state index contributed by atoms with van der Waals surface area (Å²) in [7, 11) is 1.78. The van der Waals surface area contributed by atoms with Crippen LogP contribution in [0.25, 0.3) is 0 Å². The van der Waals surface area contributed by atoms with Crippen LogP contribution in [0.5, 0.6) is 0 Å². The zero-order valence-electron chi connectivity index (χ0n) is 9.00. The van der Waals surface area contributed by atoms with E-state index in [0.717, 1.165) is 25.7 Å². The average Bonchev–Trinajstić information content (AvgIpc) is 2.90. The minimum atomic E-state index is 0.452. The fourth-order valence-corrected chi connectivity index (χ4v) is 2.13. The molecule has 2 aliphatic rings. The molecule has 82 valence electrons. The van der Waals surface area contributed by atoms with Crippen LogP contribution in [0.1, 0.15) is 25.7 Å². The molecule has 0 aromatic carbocycles. The summed E-state index contributed by atoms with van der Waals surface area (Å²) in [6.45, 7) is 2.80. The van der Waals surface area contributed by atoms with Crippen molar-refractivity contribution in [1.29, 1.82) is 0 Å². The van der Waals surface area contributed by atoms with Crippen LogP contribution < -0.4 is 5.32 Å². The van der Waals surface area contributed by atoms with Gasteiger partial charge in [-0.1, -0.05) is 0 Å². The molecule has 3 heteroatoms. The van der Waals surface area contributed by atoms with Crippen LogP contribution in [0.3, 0.4) is 0 Å². The Morgan fingerprint density at radius 2 is 2.29 bits per heavy atom. The summed E-state index contributed by atoms with van der Waals surface area (Å²) in [5, 5.41) is 3.57. The Labute approximate surface area is 86.2 Å². The van der Waals surface area contributed by atoms with Gasteiger partial charge in [0.15, 0.2) is 0 Å². The van der Waals surface area contributed by atoms with Gasteiger partial charge in [-0.2, -0.15) is 0 Å². The van der Waals surface area contributed by atoms with Crippen molar-refractivity contribution >= 4 is 0 Å². The Bertz CT molecular complexity index is 165. The van der Waals surface area contributed by atoms with Gasteiger partial charge in [-0.15, -0.1) is 0 Å².